The van der Waals surface area contributed by atoms with E-state index in [1.165, 1.54) is 12.7 Å². The van der Waals surface area contributed by atoms with Gasteiger partial charge in [0, 0.05) is 10.8 Å². The fraction of sp³-hybridized carbons (Fsp3) is 1.00. The molecule has 0 aromatic carbocycles. The van der Waals surface area contributed by atoms with Gasteiger partial charge in [0.25, 0.3) is 0 Å². The summed E-state index contributed by atoms with van der Waals surface area (Å²) in [4.78, 5) is 0. The molecule has 4 atom stereocenters. The van der Waals surface area contributed by atoms with Gasteiger partial charge in [-0.1, -0.05) is 19.7 Å². The van der Waals surface area contributed by atoms with E-state index in [1.807, 2.05) is 0 Å². The van der Waals surface area contributed by atoms with Gasteiger partial charge in [-0.15, -0.1) is 23.2 Å². The van der Waals surface area contributed by atoms with E-state index in [0.717, 1.165) is 6.42 Å². The highest BCUT2D eigenvalue weighted by molar-refractivity contribution is 6.24. The highest BCUT2D eigenvalue weighted by Gasteiger charge is 2.37. The Labute approximate surface area is 80.0 Å². The van der Waals surface area contributed by atoms with Crippen molar-refractivity contribution < 1.29 is 0 Å². The topological polar surface area (TPSA) is 0 Å². The second-order valence-corrected chi connectivity index (χ2v) is 4.70. The van der Waals surface area contributed by atoms with Crippen LogP contribution in [0.5, 0.6) is 0 Å². The molecule has 0 aromatic heterocycles. The molecule has 0 radical (unpaired) electrons. The monoisotopic (exact) mass is 192 g/mol. The number of hydrogen-bond acceptors (Lipinski definition) is 0. The highest BCUT2D eigenvalue weighted by atomic mass is 35.5. The van der Waals surface area contributed by atoms with Crippen molar-refractivity contribution in [1.29, 1.82) is 0 Å². The summed E-state index contributed by atoms with van der Waals surface area (Å²) in [5, 5.41) is 0.640. The molecular formula is C8H15BCl2. The van der Waals surface area contributed by atoms with Crippen LogP contribution < -0.4 is 0 Å². The second-order valence-electron chi connectivity index (χ2n) is 3.58. The van der Waals surface area contributed by atoms with Crippen LogP contribution in [0.3, 0.4) is 0 Å². The lowest BCUT2D eigenvalue weighted by Gasteiger charge is -2.17. The minimum atomic E-state index is 0.314. The molecule has 0 bridgehead atoms. The Morgan fingerprint density at radius 2 is 2.00 bits per heavy atom. The lowest BCUT2D eigenvalue weighted by molar-refractivity contribution is 0.413. The molecule has 4 unspecified atom stereocenters. The molecule has 3 heteroatoms. The van der Waals surface area contributed by atoms with Gasteiger partial charge in [0.2, 0.25) is 0 Å². The van der Waals surface area contributed by atoms with E-state index in [0.29, 0.717) is 22.6 Å². The molecule has 64 valence electrons. The predicted octanol–water partition coefficient (Wildman–Crippen LogP) is 2.30. The van der Waals surface area contributed by atoms with Gasteiger partial charge in [-0.2, -0.15) is 0 Å². The molecule has 1 saturated carbocycles. The number of halogens is 2. The van der Waals surface area contributed by atoms with Crippen LogP contribution in [-0.4, -0.2) is 18.6 Å². The summed E-state index contributed by atoms with van der Waals surface area (Å²) in [5.74, 6) is 1.27. The molecule has 0 spiro atoms. The zero-order chi connectivity index (χ0) is 8.43. The molecule has 11 heavy (non-hydrogen) atoms. The molecule has 0 aromatic rings. The molecule has 1 fully saturated rings. The van der Waals surface area contributed by atoms with Crippen molar-refractivity contribution in [3.05, 3.63) is 0 Å². The Bertz CT molecular complexity index is 129. The lowest BCUT2D eigenvalue weighted by Crippen LogP contribution is -2.14. The van der Waals surface area contributed by atoms with E-state index in [-0.39, 0.29) is 0 Å². The Balaban J connectivity index is 2.49. The lowest BCUT2D eigenvalue weighted by atomic mass is 9.87. The molecular weight excluding hydrogens is 178 g/mol. The minimum absolute atomic E-state index is 0.314. The normalized spacial score (nSPS) is 44.6. The fourth-order valence-electron chi connectivity index (χ4n) is 1.98. The standard InChI is InChI=1S/C8H15BCl2/c1-5-6(2-3-9)8(11)4-7(5)10/h5-8H,2-4,9H2,1H3. The third-order valence-corrected chi connectivity index (χ3v) is 3.86. The Morgan fingerprint density at radius 3 is 2.36 bits per heavy atom. The van der Waals surface area contributed by atoms with E-state index in [9.17, 15) is 0 Å². The number of hydrogen-bond donors (Lipinski definition) is 0. The molecule has 1 aliphatic carbocycles. The van der Waals surface area contributed by atoms with E-state index in [4.69, 9.17) is 23.2 Å². The van der Waals surface area contributed by atoms with Crippen molar-refractivity contribution in [3.8, 4) is 0 Å². The molecule has 0 N–H and O–H groups in total. The molecule has 0 saturated heterocycles. The fourth-order valence-corrected chi connectivity index (χ4v) is 3.00. The maximum atomic E-state index is 6.16. The van der Waals surface area contributed by atoms with Crippen LogP contribution in [0.15, 0.2) is 0 Å². The molecule has 0 aliphatic heterocycles. The van der Waals surface area contributed by atoms with Gasteiger partial charge in [-0.3, -0.25) is 0 Å². The Kier molecular flexibility index (Phi) is 3.58. The van der Waals surface area contributed by atoms with E-state index in [2.05, 4.69) is 14.8 Å². The van der Waals surface area contributed by atoms with E-state index < -0.39 is 0 Å². The Hall–Kier alpha value is 0.645. The maximum absolute atomic E-state index is 6.16. The third kappa shape index (κ3) is 2.06. The average Bonchev–Trinajstić information content (AvgIpc) is 2.17. The first-order chi connectivity index (χ1) is 5.16. The van der Waals surface area contributed by atoms with Crippen molar-refractivity contribution in [2.24, 2.45) is 11.8 Å². The van der Waals surface area contributed by atoms with E-state index in [1.54, 1.807) is 0 Å². The minimum Gasteiger partial charge on any atom is -0.123 e. The van der Waals surface area contributed by atoms with Crippen LogP contribution in [0.2, 0.25) is 6.32 Å². The van der Waals surface area contributed by atoms with Gasteiger partial charge < -0.3 is 0 Å². The summed E-state index contributed by atoms with van der Waals surface area (Å²) < 4.78 is 0. The number of alkyl halides is 2. The molecule has 0 nitrogen and oxygen atoms in total. The van der Waals surface area contributed by atoms with Crippen molar-refractivity contribution in [1.82, 2.24) is 0 Å². The SMILES string of the molecule is BCCC1C(Cl)CC(Cl)C1C. The zero-order valence-corrected chi connectivity index (χ0v) is 8.70. The van der Waals surface area contributed by atoms with Crippen molar-refractivity contribution in [2.45, 2.75) is 36.8 Å². The summed E-state index contributed by atoms with van der Waals surface area (Å²) in [6, 6.07) is 0. The summed E-state index contributed by atoms with van der Waals surface area (Å²) in [7, 11) is 2.21. The van der Waals surface area contributed by atoms with Gasteiger partial charge in [-0.25, -0.2) is 0 Å². The predicted molar refractivity (Wildman–Crippen MR) is 54.5 cm³/mol. The first-order valence-electron chi connectivity index (χ1n) is 4.45. The summed E-state index contributed by atoms with van der Waals surface area (Å²) in [6.07, 6.45) is 3.45. The molecule has 1 rings (SSSR count). The summed E-state index contributed by atoms with van der Waals surface area (Å²) >= 11 is 12.3. The van der Waals surface area contributed by atoms with Gasteiger partial charge in [0.05, 0.1) is 0 Å². The van der Waals surface area contributed by atoms with Crippen LogP contribution in [0.25, 0.3) is 0 Å². The van der Waals surface area contributed by atoms with Crippen LogP contribution in [0.4, 0.5) is 0 Å². The third-order valence-electron chi connectivity index (χ3n) is 2.78. The molecule has 1 aliphatic rings. The van der Waals surface area contributed by atoms with Crippen LogP contribution in [-0.2, 0) is 0 Å². The zero-order valence-electron chi connectivity index (χ0n) is 7.19. The first-order valence-corrected chi connectivity index (χ1v) is 5.32. The second kappa shape index (κ2) is 4.05. The highest BCUT2D eigenvalue weighted by Crippen LogP contribution is 2.41. The molecule has 0 amide bonds. The Morgan fingerprint density at radius 1 is 1.36 bits per heavy atom. The summed E-state index contributed by atoms with van der Waals surface area (Å²) in [6.45, 7) is 2.22. The van der Waals surface area contributed by atoms with Crippen LogP contribution in [0.1, 0.15) is 19.8 Å². The smallest absolute Gasteiger partial charge is 0.101 e. The van der Waals surface area contributed by atoms with E-state index >= 15 is 0 Å². The molecule has 0 heterocycles. The van der Waals surface area contributed by atoms with Gasteiger partial charge in [-0.05, 0) is 18.3 Å². The quantitative estimate of drug-likeness (QED) is 0.466. The van der Waals surface area contributed by atoms with Crippen molar-refractivity contribution >= 4 is 31.0 Å². The first kappa shape index (κ1) is 9.73. The van der Waals surface area contributed by atoms with Gasteiger partial charge in [0.15, 0.2) is 0 Å². The van der Waals surface area contributed by atoms with Gasteiger partial charge >= 0.3 is 0 Å². The number of rotatable bonds is 2. The van der Waals surface area contributed by atoms with Gasteiger partial charge in [0.1, 0.15) is 7.85 Å². The average molecular weight is 193 g/mol. The largest absolute Gasteiger partial charge is 0.123 e. The van der Waals surface area contributed by atoms with Crippen molar-refractivity contribution in [2.75, 3.05) is 0 Å². The van der Waals surface area contributed by atoms with Crippen LogP contribution in [0, 0.1) is 11.8 Å². The summed E-state index contributed by atoms with van der Waals surface area (Å²) in [5.41, 5.74) is 0. The van der Waals surface area contributed by atoms with Crippen molar-refractivity contribution in [3.63, 3.8) is 0 Å². The maximum Gasteiger partial charge on any atom is 0.101 e. The van der Waals surface area contributed by atoms with Crippen LogP contribution >= 0.6 is 23.2 Å².